The smallest absolute Gasteiger partial charge is 0.343 e. The molecule has 5 rings (SSSR count). The highest BCUT2D eigenvalue weighted by molar-refractivity contribution is 5.97. The van der Waals surface area contributed by atoms with Gasteiger partial charge in [-0.3, -0.25) is 4.79 Å². The maximum atomic E-state index is 12.9. The molecule has 4 aromatic carbocycles. The van der Waals surface area contributed by atoms with E-state index in [1.54, 1.807) is 48.5 Å². The molecular weight excluding hydrogens is 580 g/mol. The number of fused-ring (bicyclic) bond motifs is 2. The molecule has 1 aliphatic rings. The first-order valence-corrected chi connectivity index (χ1v) is 16.5. The van der Waals surface area contributed by atoms with Gasteiger partial charge >= 0.3 is 17.9 Å². The van der Waals surface area contributed by atoms with E-state index in [-0.39, 0.29) is 5.92 Å². The van der Waals surface area contributed by atoms with E-state index in [4.69, 9.17) is 14.2 Å². The van der Waals surface area contributed by atoms with E-state index < -0.39 is 17.9 Å². The number of aryl methyl sites for hydroxylation is 1. The molecule has 0 aromatic heterocycles. The third-order valence-corrected chi connectivity index (χ3v) is 8.58. The molecule has 1 N–H and O–H groups in total. The van der Waals surface area contributed by atoms with Crippen LogP contribution in [-0.4, -0.2) is 29.6 Å². The maximum Gasteiger partial charge on any atom is 0.343 e. The van der Waals surface area contributed by atoms with Gasteiger partial charge in [-0.1, -0.05) is 70.1 Å². The Kier molecular flexibility index (Phi) is 11.4. The van der Waals surface area contributed by atoms with E-state index in [1.807, 2.05) is 30.3 Å². The molecule has 0 bridgehead atoms. The summed E-state index contributed by atoms with van der Waals surface area (Å²) in [5.74, 6) is -0.642. The van der Waals surface area contributed by atoms with Crippen molar-refractivity contribution in [2.45, 2.75) is 77.6 Å². The number of carboxylic acid groups (broad SMARTS) is 1. The first-order valence-electron chi connectivity index (χ1n) is 16.5. The minimum atomic E-state index is -0.781. The van der Waals surface area contributed by atoms with Gasteiger partial charge in [0.05, 0.1) is 23.7 Å². The zero-order chi connectivity index (χ0) is 32.3. The molecule has 0 aliphatic heterocycles. The minimum Gasteiger partial charge on any atom is -0.494 e. The Labute approximate surface area is 270 Å². The fourth-order valence-electron chi connectivity index (χ4n) is 5.86. The second kappa shape index (κ2) is 16.1. The SMILES string of the molecule is CCCCCCCCCCOc1ccc2cc(C(=O)Oc3ccc(C(=O)Oc4ccc5c(c4)CCC(C(=O)O)C5)cc3)ccc2c1. The summed E-state index contributed by atoms with van der Waals surface area (Å²) in [5, 5.41) is 11.2. The molecule has 7 heteroatoms. The van der Waals surface area contributed by atoms with E-state index in [0.29, 0.717) is 48.5 Å². The number of unbranched alkanes of at least 4 members (excludes halogenated alkanes) is 7. The summed E-state index contributed by atoms with van der Waals surface area (Å²) in [6.45, 7) is 2.94. The van der Waals surface area contributed by atoms with Crippen molar-refractivity contribution >= 4 is 28.7 Å². The number of benzene rings is 4. The van der Waals surface area contributed by atoms with Crippen LogP contribution in [0.3, 0.4) is 0 Å². The second-order valence-electron chi connectivity index (χ2n) is 12.1. The topological polar surface area (TPSA) is 99.1 Å². The third kappa shape index (κ3) is 8.96. The van der Waals surface area contributed by atoms with Gasteiger partial charge < -0.3 is 19.3 Å². The van der Waals surface area contributed by atoms with Gasteiger partial charge in [-0.2, -0.15) is 0 Å². The Morgan fingerprint density at radius 3 is 2.02 bits per heavy atom. The van der Waals surface area contributed by atoms with Crippen LogP contribution in [0.5, 0.6) is 17.2 Å². The molecular formula is C39H42O7. The number of carbonyl (C=O) groups excluding carboxylic acids is 2. The van der Waals surface area contributed by atoms with E-state index in [1.165, 1.54) is 44.9 Å². The molecule has 1 atom stereocenters. The van der Waals surface area contributed by atoms with Gasteiger partial charge in [0.2, 0.25) is 0 Å². The fraction of sp³-hybridized carbons (Fsp3) is 0.359. The molecule has 0 heterocycles. The van der Waals surface area contributed by atoms with Crippen LogP contribution in [0.4, 0.5) is 0 Å². The quantitative estimate of drug-likeness (QED) is 0.0802. The van der Waals surface area contributed by atoms with Crippen molar-refractivity contribution in [2.24, 2.45) is 5.92 Å². The third-order valence-electron chi connectivity index (χ3n) is 8.58. The van der Waals surface area contributed by atoms with Gasteiger partial charge in [0, 0.05) is 0 Å². The Balaban J connectivity index is 1.09. The average molecular weight is 623 g/mol. The molecule has 0 fully saturated rings. The zero-order valence-electron chi connectivity index (χ0n) is 26.5. The normalized spacial score (nSPS) is 14.0. The molecule has 0 amide bonds. The van der Waals surface area contributed by atoms with Crippen molar-refractivity contribution in [1.82, 2.24) is 0 Å². The van der Waals surface area contributed by atoms with Crippen LogP contribution in [0, 0.1) is 5.92 Å². The van der Waals surface area contributed by atoms with Crippen LogP contribution >= 0.6 is 0 Å². The van der Waals surface area contributed by atoms with Gasteiger partial charge in [-0.15, -0.1) is 0 Å². The molecule has 0 spiro atoms. The molecule has 46 heavy (non-hydrogen) atoms. The first kappa shape index (κ1) is 32.7. The van der Waals surface area contributed by atoms with Crippen LogP contribution in [0.15, 0.2) is 78.9 Å². The standard InChI is InChI=1S/C39H42O7/c1-2-3-4-5-6-7-8-9-22-44-35-20-16-29-24-33(13-11-30(29)25-35)39(43)45-34-18-14-27(15-19-34)38(42)46-36-21-17-28-23-32(37(40)41)12-10-31(28)26-36/h11,13-21,24-26,32H,2-10,12,22-23H2,1H3,(H,40,41). The van der Waals surface area contributed by atoms with E-state index in [2.05, 4.69) is 6.92 Å². The van der Waals surface area contributed by atoms with Crippen molar-refractivity contribution in [3.05, 3.63) is 101 Å². The number of carbonyl (C=O) groups is 3. The van der Waals surface area contributed by atoms with Crippen molar-refractivity contribution in [3.63, 3.8) is 0 Å². The minimum absolute atomic E-state index is 0.313. The lowest BCUT2D eigenvalue weighted by Crippen LogP contribution is -2.22. The highest BCUT2D eigenvalue weighted by atomic mass is 16.5. The number of esters is 2. The van der Waals surface area contributed by atoms with Gasteiger partial charge in [-0.05, 0) is 108 Å². The summed E-state index contributed by atoms with van der Waals surface area (Å²) < 4.78 is 17.1. The highest BCUT2D eigenvalue weighted by Gasteiger charge is 2.24. The molecule has 4 aromatic rings. The van der Waals surface area contributed by atoms with E-state index in [0.717, 1.165) is 34.1 Å². The largest absolute Gasteiger partial charge is 0.494 e. The number of aliphatic carboxylic acids is 1. The molecule has 0 saturated carbocycles. The van der Waals surface area contributed by atoms with Crippen molar-refractivity contribution in [3.8, 4) is 17.2 Å². The Hall–Kier alpha value is -4.65. The predicted octanol–water partition coefficient (Wildman–Crippen LogP) is 8.99. The van der Waals surface area contributed by atoms with Crippen LogP contribution in [0.2, 0.25) is 0 Å². The lowest BCUT2D eigenvalue weighted by molar-refractivity contribution is -0.142. The number of hydrogen-bond acceptors (Lipinski definition) is 6. The molecule has 0 radical (unpaired) electrons. The van der Waals surface area contributed by atoms with Gasteiger partial charge in [0.15, 0.2) is 0 Å². The highest BCUT2D eigenvalue weighted by Crippen LogP contribution is 2.29. The van der Waals surface area contributed by atoms with Crippen molar-refractivity contribution in [1.29, 1.82) is 0 Å². The van der Waals surface area contributed by atoms with Crippen LogP contribution in [-0.2, 0) is 17.6 Å². The summed E-state index contributed by atoms with van der Waals surface area (Å²) in [4.78, 5) is 37.0. The summed E-state index contributed by atoms with van der Waals surface area (Å²) in [5.41, 5.74) is 2.71. The van der Waals surface area contributed by atoms with Crippen LogP contribution in [0.25, 0.3) is 10.8 Å². The van der Waals surface area contributed by atoms with Crippen LogP contribution < -0.4 is 14.2 Å². The van der Waals surface area contributed by atoms with Crippen molar-refractivity contribution < 1.29 is 33.7 Å². The van der Waals surface area contributed by atoms with Gasteiger partial charge in [0.1, 0.15) is 17.2 Å². The Bertz CT molecular complexity index is 1660. The Morgan fingerprint density at radius 2 is 1.26 bits per heavy atom. The molecule has 1 aliphatic carbocycles. The monoisotopic (exact) mass is 622 g/mol. The molecule has 7 nitrogen and oxygen atoms in total. The van der Waals surface area contributed by atoms with E-state index >= 15 is 0 Å². The fourth-order valence-corrected chi connectivity index (χ4v) is 5.86. The molecule has 240 valence electrons. The van der Waals surface area contributed by atoms with Gasteiger partial charge in [-0.25, -0.2) is 9.59 Å². The molecule has 1 unspecified atom stereocenters. The second-order valence-corrected chi connectivity index (χ2v) is 12.1. The summed E-state index contributed by atoms with van der Waals surface area (Å²) >= 11 is 0. The van der Waals surface area contributed by atoms with E-state index in [9.17, 15) is 19.5 Å². The summed E-state index contributed by atoms with van der Waals surface area (Å²) in [6, 6.07) is 22.8. The lowest BCUT2D eigenvalue weighted by Gasteiger charge is -2.21. The van der Waals surface area contributed by atoms with Crippen molar-refractivity contribution in [2.75, 3.05) is 6.61 Å². The Morgan fingerprint density at radius 1 is 0.652 bits per heavy atom. The van der Waals surface area contributed by atoms with Gasteiger partial charge in [0.25, 0.3) is 0 Å². The number of hydrogen-bond donors (Lipinski definition) is 1. The predicted molar refractivity (Wildman–Crippen MR) is 178 cm³/mol. The number of carboxylic acids is 1. The maximum absolute atomic E-state index is 12.9. The number of rotatable bonds is 15. The molecule has 0 saturated heterocycles. The lowest BCUT2D eigenvalue weighted by atomic mass is 9.84. The average Bonchev–Trinajstić information content (AvgIpc) is 3.07. The van der Waals surface area contributed by atoms with Crippen LogP contribution in [0.1, 0.15) is 96.6 Å². The summed E-state index contributed by atoms with van der Waals surface area (Å²) in [6.07, 6.45) is 11.8. The summed E-state index contributed by atoms with van der Waals surface area (Å²) in [7, 11) is 0. The first-order chi connectivity index (χ1) is 22.4. The number of ether oxygens (including phenoxy) is 3. The zero-order valence-corrected chi connectivity index (χ0v) is 26.5.